The Labute approximate surface area is 71.2 Å². The average Bonchev–Trinajstić information content (AvgIpc) is 1.85. The topological polar surface area (TPSA) is 75.8 Å². The van der Waals surface area contributed by atoms with E-state index in [2.05, 4.69) is 4.99 Å². The minimum atomic E-state index is -0.777. The van der Waals surface area contributed by atoms with Crippen LogP contribution in [0.15, 0.2) is 4.99 Å². The van der Waals surface area contributed by atoms with Gasteiger partial charge in [-0.3, -0.25) is 0 Å². The van der Waals surface area contributed by atoms with Crippen LogP contribution >= 0.6 is 0 Å². The molecule has 4 amide bonds. The zero-order valence-electron chi connectivity index (χ0n) is 7.44. The zero-order chi connectivity index (χ0) is 9.72. The van der Waals surface area contributed by atoms with Gasteiger partial charge in [-0.1, -0.05) is 0 Å². The van der Waals surface area contributed by atoms with Gasteiger partial charge in [0.05, 0.1) is 0 Å². The van der Waals surface area contributed by atoms with Crippen LogP contribution in [-0.4, -0.2) is 29.2 Å². The maximum absolute atomic E-state index is 11.1. The second kappa shape index (κ2) is 4.48. The molecule has 5 nitrogen and oxygen atoms in total. The van der Waals surface area contributed by atoms with Gasteiger partial charge >= 0.3 is 12.1 Å². The van der Waals surface area contributed by atoms with E-state index in [-0.39, 0.29) is 6.04 Å². The van der Waals surface area contributed by atoms with Gasteiger partial charge in [0.25, 0.3) is 0 Å². The van der Waals surface area contributed by atoms with Crippen LogP contribution in [0, 0.1) is 0 Å². The number of amides is 4. The summed E-state index contributed by atoms with van der Waals surface area (Å²) in [6, 6.07) is -1.67. The molecule has 0 atom stereocenters. The van der Waals surface area contributed by atoms with E-state index in [0.29, 0.717) is 0 Å². The lowest BCUT2D eigenvalue weighted by molar-refractivity contribution is 0.187. The second-order valence-electron chi connectivity index (χ2n) is 2.47. The van der Waals surface area contributed by atoms with Crippen LogP contribution < -0.4 is 5.73 Å². The van der Waals surface area contributed by atoms with Crippen molar-refractivity contribution >= 4 is 18.3 Å². The minimum Gasteiger partial charge on any atom is -0.351 e. The molecular formula is C7H13N3O2. The molecule has 0 saturated carbocycles. The van der Waals surface area contributed by atoms with Gasteiger partial charge in [0.1, 0.15) is 0 Å². The summed E-state index contributed by atoms with van der Waals surface area (Å²) < 4.78 is 0. The standard InChI is InChI=1S/C7H13N3O2/c1-4-9-7(12)10(5(2)3)6(8)11/h4-5H,1-3H3,(H2,8,11)/b9-4-. The number of carbonyl (C=O) groups is 2. The Morgan fingerprint density at radius 3 is 2.25 bits per heavy atom. The highest BCUT2D eigenvalue weighted by Crippen LogP contribution is 2.00. The van der Waals surface area contributed by atoms with Crippen LogP contribution in [-0.2, 0) is 0 Å². The van der Waals surface area contributed by atoms with Gasteiger partial charge in [-0.05, 0) is 20.8 Å². The lowest BCUT2D eigenvalue weighted by atomic mass is 10.3. The van der Waals surface area contributed by atoms with Crippen LogP contribution in [0.2, 0.25) is 0 Å². The molecule has 0 bridgehead atoms. The molecule has 0 aromatic carbocycles. The number of primary amides is 1. The maximum atomic E-state index is 11.1. The molecule has 68 valence electrons. The third kappa shape index (κ3) is 2.69. The second-order valence-corrected chi connectivity index (χ2v) is 2.47. The van der Waals surface area contributed by atoms with Gasteiger partial charge in [-0.25, -0.2) is 19.5 Å². The molecule has 0 fully saturated rings. The SMILES string of the molecule is C/C=N\C(=O)N(C(N)=O)C(C)C. The number of imide groups is 1. The van der Waals surface area contributed by atoms with E-state index in [0.717, 1.165) is 4.90 Å². The Morgan fingerprint density at radius 1 is 1.50 bits per heavy atom. The molecule has 5 heteroatoms. The predicted molar refractivity (Wildman–Crippen MR) is 46.1 cm³/mol. The Bertz CT molecular complexity index is 211. The number of rotatable bonds is 1. The lowest BCUT2D eigenvalue weighted by Crippen LogP contribution is -2.43. The Balaban J connectivity index is 4.52. The van der Waals surface area contributed by atoms with E-state index in [4.69, 9.17) is 5.73 Å². The van der Waals surface area contributed by atoms with Crippen molar-refractivity contribution in [3.05, 3.63) is 0 Å². The molecule has 0 saturated heterocycles. The van der Waals surface area contributed by atoms with Crippen molar-refractivity contribution in [3.8, 4) is 0 Å². The van der Waals surface area contributed by atoms with Gasteiger partial charge in [-0.2, -0.15) is 0 Å². The number of nitrogens with two attached hydrogens (primary N) is 1. The van der Waals surface area contributed by atoms with Crippen LogP contribution in [0.25, 0.3) is 0 Å². The summed E-state index contributed by atoms with van der Waals surface area (Å²) in [5.41, 5.74) is 4.96. The molecule has 0 heterocycles. The maximum Gasteiger partial charge on any atom is 0.351 e. The fraction of sp³-hybridized carbons (Fsp3) is 0.571. The van der Waals surface area contributed by atoms with Crippen molar-refractivity contribution in [2.45, 2.75) is 26.8 Å². The molecule has 0 aromatic rings. The van der Waals surface area contributed by atoms with Crippen molar-refractivity contribution in [1.29, 1.82) is 0 Å². The van der Waals surface area contributed by atoms with Gasteiger partial charge in [-0.15, -0.1) is 0 Å². The number of hydrogen-bond acceptors (Lipinski definition) is 2. The predicted octanol–water partition coefficient (Wildman–Crippen LogP) is 0.986. The minimum absolute atomic E-state index is 0.265. The molecule has 0 aliphatic heterocycles. The molecular weight excluding hydrogens is 158 g/mol. The summed E-state index contributed by atoms with van der Waals surface area (Å²) >= 11 is 0. The van der Waals surface area contributed by atoms with E-state index in [9.17, 15) is 9.59 Å². The third-order valence-electron chi connectivity index (χ3n) is 1.20. The molecule has 0 rings (SSSR count). The summed E-state index contributed by atoms with van der Waals surface area (Å²) in [4.78, 5) is 26.1. The van der Waals surface area contributed by atoms with Gasteiger partial charge in [0.15, 0.2) is 0 Å². The van der Waals surface area contributed by atoms with Crippen LogP contribution in [0.3, 0.4) is 0 Å². The normalized spacial score (nSPS) is 10.7. The monoisotopic (exact) mass is 171 g/mol. The van der Waals surface area contributed by atoms with Crippen molar-refractivity contribution in [2.75, 3.05) is 0 Å². The molecule has 0 radical (unpaired) electrons. The summed E-state index contributed by atoms with van der Waals surface area (Å²) in [6.45, 7) is 4.97. The Morgan fingerprint density at radius 2 is 2.00 bits per heavy atom. The smallest absolute Gasteiger partial charge is 0.351 e. The molecule has 0 spiro atoms. The Kier molecular flexibility index (Phi) is 3.96. The largest absolute Gasteiger partial charge is 0.351 e. The average molecular weight is 171 g/mol. The fourth-order valence-corrected chi connectivity index (χ4v) is 0.742. The first-order valence-electron chi connectivity index (χ1n) is 3.62. The van der Waals surface area contributed by atoms with Gasteiger partial charge in [0, 0.05) is 12.3 Å². The lowest BCUT2D eigenvalue weighted by Gasteiger charge is -2.19. The summed E-state index contributed by atoms with van der Waals surface area (Å²) in [7, 11) is 0. The van der Waals surface area contributed by atoms with E-state index in [1.165, 1.54) is 6.21 Å². The summed E-state index contributed by atoms with van der Waals surface area (Å²) in [5, 5.41) is 0. The van der Waals surface area contributed by atoms with Crippen LogP contribution in [0.1, 0.15) is 20.8 Å². The molecule has 12 heavy (non-hydrogen) atoms. The van der Waals surface area contributed by atoms with E-state index >= 15 is 0 Å². The third-order valence-corrected chi connectivity index (χ3v) is 1.20. The molecule has 0 aliphatic rings. The van der Waals surface area contributed by atoms with Crippen molar-refractivity contribution in [2.24, 2.45) is 10.7 Å². The van der Waals surface area contributed by atoms with Crippen LogP contribution in [0.5, 0.6) is 0 Å². The highest BCUT2D eigenvalue weighted by atomic mass is 16.2. The highest BCUT2D eigenvalue weighted by Gasteiger charge is 2.20. The summed E-state index contributed by atoms with van der Waals surface area (Å²) in [6.07, 6.45) is 1.32. The number of aliphatic imine (C=N–C) groups is 1. The van der Waals surface area contributed by atoms with E-state index in [1.807, 2.05) is 0 Å². The van der Waals surface area contributed by atoms with Crippen molar-refractivity contribution < 1.29 is 9.59 Å². The summed E-state index contributed by atoms with van der Waals surface area (Å²) in [5.74, 6) is 0. The van der Waals surface area contributed by atoms with Gasteiger partial charge < -0.3 is 5.73 Å². The van der Waals surface area contributed by atoms with Crippen molar-refractivity contribution in [3.63, 3.8) is 0 Å². The van der Waals surface area contributed by atoms with Crippen molar-refractivity contribution in [1.82, 2.24) is 4.90 Å². The quantitative estimate of drug-likeness (QED) is 0.597. The number of nitrogens with zero attached hydrogens (tertiary/aromatic N) is 2. The first kappa shape index (κ1) is 10.6. The molecule has 0 aromatic heterocycles. The van der Waals surface area contributed by atoms with Gasteiger partial charge in [0.2, 0.25) is 0 Å². The molecule has 2 N–H and O–H groups in total. The van der Waals surface area contributed by atoms with Crippen LogP contribution in [0.4, 0.5) is 9.59 Å². The van der Waals surface area contributed by atoms with E-state index in [1.54, 1.807) is 20.8 Å². The number of hydrogen-bond donors (Lipinski definition) is 1. The first-order chi connectivity index (χ1) is 5.50. The number of urea groups is 2. The molecule has 0 aliphatic carbocycles. The zero-order valence-corrected chi connectivity index (χ0v) is 7.44. The fourth-order valence-electron chi connectivity index (χ4n) is 0.742. The highest BCUT2D eigenvalue weighted by molar-refractivity contribution is 5.96. The Hall–Kier alpha value is -1.39. The first-order valence-corrected chi connectivity index (χ1v) is 3.62. The van der Waals surface area contributed by atoms with E-state index < -0.39 is 12.1 Å². The number of carbonyl (C=O) groups excluding carboxylic acids is 2. The molecule has 0 unspecified atom stereocenters.